The van der Waals surface area contributed by atoms with Crippen molar-refractivity contribution in [3.8, 4) is 0 Å². The average Bonchev–Trinajstić information content (AvgIpc) is 2.80. The molecule has 17 heavy (non-hydrogen) atoms. The van der Waals surface area contributed by atoms with E-state index in [4.69, 9.17) is 17.3 Å². The van der Waals surface area contributed by atoms with E-state index in [-0.39, 0.29) is 0 Å². The minimum atomic E-state index is -0.430. The second-order valence-electron chi connectivity index (χ2n) is 4.17. The second kappa shape index (κ2) is 5.65. The topological polar surface area (TPSA) is 55.1 Å². The number of thioether (sulfide) groups is 1. The first kappa shape index (κ1) is 12.6. The third kappa shape index (κ3) is 3.30. The number of benzene rings is 1. The molecule has 2 rings (SSSR count). The first-order chi connectivity index (χ1) is 8.16. The summed E-state index contributed by atoms with van der Waals surface area (Å²) in [5, 5.41) is 3.92. The largest absolute Gasteiger partial charge is 0.384 e. The van der Waals surface area contributed by atoms with Crippen molar-refractivity contribution in [2.75, 3.05) is 23.4 Å². The van der Waals surface area contributed by atoms with Crippen LogP contribution in [0.4, 0.5) is 5.69 Å². The highest BCUT2D eigenvalue weighted by Crippen LogP contribution is 2.26. The van der Waals surface area contributed by atoms with E-state index >= 15 is 0 Å². The van der Waals surface area contributed by atoms with Crippen molar-refractivity contribution in [3.63, 3.8) is 0 Å². The fourth-order valence-electron chi connectivity index (χ4n) is 1.81. The Morgan fingerprint density at radius 2 is 2.41 bits per heavy atom. The van der Waals surface area contributed by atoms with Gasteiger partial charge < -0.3 is 11.1 Å². The van der Waals surface area contributed by atoms with Crippen LogP contribution in [0.5, 0.6) is 0 Å². The highest BCUT2D eigenvalue weighted by molar-refractivity contribution is 7.99. The fraction of sp³-hybridized carbons (Fsp3) is 0.417. The zero-order valence-corrected chi connectivity index (χ0v) is 11.0. The molecule has 0 aliphatic carbocycles. The number of carbonyl (C=O) groups is 1. The van der Waals surface area contributed by atoms with Crippen LogP contribution in [-0.2, 0) is 0 Å². The van der Waals surface area contributed by atoms with Gasteiger partial charge in [-0.25, -0.2) is 0 Å². The number of hydrogen-bond acceptors (Lipinski definition) is 3. The van der Waals surface area contributed by atoms with Crippen LogP contribution in [0.3, 0.4) is 0 Å². The Kier molecular flexibility index (Phi) is 4.18. The van der Waals surface area contributed by atoms with Gasteiger partial charge in [-0.2, -0.15) is 11.8 Å². The van der Waals surface area contributed by atoms with Crippen molar-refractivity contribution in [1.29, 1.82) is 0 Å². The van der Waals surface area contributed by atoms with Gasteiger partial charge in [-0.15, -0.1) is 0 Å². The number of nitrogens with two attached hydrogens (primary N) is 1. The standard InChI is InChI=1S/C12H15ClN2OS/c13-10-2-1-9(12(14)16)5-11(10)15-6-8-3-4-17-7-8/h1-2,5,8,15H,3-4,6-7H2,(H2,14,16). The maximum Gasteiger partial charge on any atom is 0.248 e. The van der Waals surface area contributed by atoms with E-state index in [1.165, 1.54) is 17.9 Å². The molecule has 1 atom stereocenters. The Labute approximate surface area is 110 Å². The molecule has 1 amide bonds. The Morgan fingerprint density at radius 3 is 3.06 bits per heavy atom. The van der Waals surface area contributed by atoms with Crippen molar-refractivity contribution in [3.05, 3.63) is 28.8 Å². The monoisotopic (exact) mass is 270 g/mol. The number of primary amides is 1. The molecule has 1 aromatic rings. The van der Waals surface area contributed by atoms with E-state index in [1.54, 1.807) is 18.2 Å². The van der Waals surface area contributed by atoms with Gasteiger partial charge in [0.25, 0.3) is 0 Å². The molecule has 1 fully saturated rings. The van der Waals surface area contributed by atoms with E-state index in [2.05, 4.69) is 5.32 Å². The summed E-state index contributed by atoms with van der Waals surface area (Å²) >= 11 is 8.05. The predicted octanol–water partition coefficient (Wildman–Crippen LogP) is 2.60. The predicted molar refractivity (Wildman–Crippen MR) is 73.9 cm³/mol. The van der Waals surface area contributed by atoms with Crippen LogP contribution in [-0.4, -0.2) is 24.0 Å². The quantitative estimate of drug-likeness (QED) is 0.884. The Bertz CT molecular complexity index is 419. The third-order valence-electron chi connectivity index (χ3n) is 2.86. The van der Waals surface area contributed by atoms with E-state index in [0.29, 0.717) is 16.5 Å². The highest BCUT2D eigenvalue weighted by atomic mass is 35.5. The summed E-state index contributed by atoms with van der Waals surface area (Å²) in [5.74, 6) is 2.69. The van der Waals surface area contributed by atoms with E-state index in [1.807, 2.05) is 11.8 Å². The lowest BCUT2D eigenvalue weighted by Gasteiger charge is -2.13. The average molecular weight is 271 g/mol. The van der Waals surface area contributed by atoms with Crippen LogP contribution in [0.1, 0.15) is 16.8 Å². The van der Waals surface area contributed by atoms with Gasteiger partial charge in [0.15, 0.2) is 0 Å². The van der Waals surface area contributed by atoms with Crippen LogP contribution < -0.4 is 11.1 Å². The summed E-state index contributed by atoms with van der Waals surface area (Å²) in [6, 6.07) is 5.06. The Balaban J connectivity index is 2.03. The second-order valence-corrected chi connectivity index (χ2v) is 5.73. The SMILES string of the molecule is NC(=O)c1ccc(Cl)c(NCC2CCSC2)c1. The number of hydrogen-bond donors (Lipinski definition) is 2. The summed E-state index contributed by atoms with van der Waals surface area (Å²) in [7, 11) is 0. The lowest BCUT2D eigenvalue weighted by molar-refractivity contribution is 0.100. The van der Waals surface area contributed by atoms with Gasteiger partial charge in [0.1, 0.15) is 0 Å². The summed E-state index contributed by atoms with van der Waals surface area (Å²) in [4.78, 5) is 11.1. The molecule has 1 unspecified atom stereocenters. The fourth-order valence-corrected chi connectivity index (χ4v) is 3.28. The molecular formula is C12H15ClN2OS. The molecule has 0 spiro atoms. The molecule has 0 bridgehead atoms. The first-order valence-electron chi connectivity index (χ1n) is 5.58. The summed E-state index contributed by atoms with van der Waals surface area (Å²) in [5.41, 5.74) is 6.51. The summed E-state index contributed by atoms with van der Waals surface area (Å²) < 4.78 is 0. The van der Waals surface area contributed by atoms with Crippen LogP contribution in [0.2, 0.25) is 5.02 Å². The van der Waals surface area contributed by atoms with Gasteiger partial charge in [0.05, 0.1) is 10.7 Å². The maximum atomic E-state index is 11.1. The van der Waals surface area contributed by atoms with Crippen molar-refractivity contribution >= 4 is 35.0 Å². The zero-order chi connectivity index (χ0) is 12.3. The minimum Gasteiger partial charge on any atom is -0.384 e. The minimum absolute atomic E-state index is 0.430. The lowest BCUT2D eigenvalue weighted by atomic mass is 10.1. The molecule has 1 aromatic carbocycles. The van der Waals surface area contributed by atoms with Gasteiger partial charge in [-0.1, -0.05) is 11.6 Å². The van der Waals surface area contributed by atoms with Crippen molar-refractivity contribution in [2.24, 2.45) is 11.7 Å². The zero-order valence-electron chi connectivity index (χ0n) is 9.41. The number of halogens is 1. The van der Waals surface area contributed by atoms with Crippen LogP contribution in [0, 0.1) is 5.92 Å². The molecule has 92 valence electrons. The van der Waals surface area contributed by atoms with Gasteiger partial charge in [-0.05, 0) is 42.0 Å². The molecular weight excluding hydrogens is 256 g/mol. The molecule has 1 heterocycles. The molecule has 5 heteroatoms. The summed E-state index contributed by atoms with van der Waals surface area (Å²) in [6.07, 6.45) is 1.24. The van der Waals surface area contributed by atoms with Gasteiger partial charge in [-0.3, -0.25) is 4.79 Å². The van der Waals surface area contributed by atoms with Crippen molar-refractivity contribution < 1.29 is 4.79 Å². The molecule has 0 saturated carbocycles. The van der Waals surface area contributed by atoms with Gasteiger partial charge >= 0.3 is 0 Å². The number of rotatable bonds is 4. The van der Waals surface area contributed by atoms with Crippen molar-refractivity contribution in [2.45, 2.75) is 6.42 Å². The maximum absolute atomic E-state index is 11.1. The van der Waals surface area contributed by atoms with E-state index in [9.17, 15) is 4.79 Å². The first-order valence-corrected chi connectivity index (χ1v) is 7.11. The lowest BCUT2D eigenvalue weighted by Crippen LogP contribution is -2.15. The van der Waals surface area contributed by atoms with Crippen LogP contribution >= 0.6 is 23.4 Å². The number of nitrogens with one attached hydrogen (secondary N) is 1. The Morgan fingerprint density at radius 1 is 1.59 bits per heavy atom. The third-order valence-corrected chi connectivity index (χ3v) is 4.42. The van der Waals surface area contributed by atoms with Gasteiger partial charge in [0.2, 0.25) is 5.91 Å². The van der Waals surface area contributed by atoms with E-state index in [0.717, 1.165) is 12.2 Å². The Hall–Kier alpha value is -0.870. The van der Waals surface area contributed by atoms with Crippen molar-refractivity contribution in [1.82, 2.24) is 0 Å². The highest BCUT2D eigenvalue weighted by Gasteiger charge is 2.15. The summed E-state index contributed by atoms with van der Waals surface area (Å²) in [6.45, 7) is 0.898. The normalized spacial score (nSPS) is 19.2. The van der Waals surface area contributed by atoms with E-state index < -0.39 is 5.91 Å². The molecule has 1 aliphatic rings. The van der Waals surface area contributed by atoms with Crippen LogP contribution in [0.15, 0.2) is 18.2 Å². The number of amides is 1. The van der Waals surface area contributed by atoms with Crippen LogP contribution in [0.25, 0.3) is 0 Å². The smallest absolute Gasteiger partial charge is 0.248 e. The molecule has 3 nitrogen and oxygen atoms in total. The molecule has 1 saturated heterocycles. The molecule has 3 N–H and O–H groups in total. The van der Waals surface area contributed by atoms with Gasteiger partial charge in [0, 0.05) is 12.1 Å². The molecule has 0 radical (unpaired) electrons. The number of anilines is 1. The molecule has 1 aliphatic heterocycles. The number of carbonyl (C=O) groups excluding carboxylic acids is 1. The molecule has 0 aromatic heterocycles.